The summed E-state index contributed by atoms with van der Waals surface area (Å²) in [7, 11) is 1.99. The van der Waals surface area contributed by atoms with Crippen molar-refractivity contribution in [3.63, 3.8) is 0 Å². The van der Waals surface area contributed by atoms with Crippen molar-refractivity contribution in [1.29, 1.82) is 0 Å². The second-order valence-corrected chi connectivity index (χ2v) is 4.79. The number of halogens is 1. The highest BCUT2D eigenvalue weighted by Crippen LogP contribution is 2.25. The van der Waals surface area contributed by atoms with E-state index in [-0.39, 0.29) is 0 Å². The van der Waals surface area contributed by atoms with Gasteiger partial charge in [-0.05, 0) is 40.3 Å². The monoisotopic (exact) mass is 340 g/mol. The van der Waals surface area contributed by atoms with Crippen LogP contribution in [0.3, 0.4) is 0 Å². The molecule has 88 valence electrons. The number of rotatable bonds is 3. The third-order valence-electron chi connectivity index (χ3n) is 2.53. The second-order valence-electron chi connectivity index (χ2n) is 3.62. The van der Waals surface area contributed by atoms with Crippen LogP contribution >= 0.6 is 22.6 Å². The average Bonchev–Trinajstić information content (AvgIpc) is 2.39. The summed E-state index contributed by atoms with van der Waals surface area (Å²) in [6, 6.07) is 8.14. The summed E-state index contributed by atoms with van der Waals surface area (Å²) < 4.78 is 1.02. The molecule has 17 heavy (non-hydrogen) atoms. The van der Waals surface area contributed by atoms with E-state index in [0.717, 1.165) is 20.6 Å². The molecule has 0 radical (unpaired) electrons. The molecule has 0 aliphatic rings. The molecule has 0 spiro atoms. The molecule has 0 unspecified atom stereocenters. The topological polar surface area (TPSA) is 55.0 Å². The molecule has 1 aromatic carbocycles. The number of aromatic nitrogens is 2. The Kier molecular flexibility index (Phi) is 3.90. The van der Waals surface area contributed by atoms with E-state index in [2.05, 4.69) is 32.6 Å². The van der Waals surface area contributed by atoms with Crippen molar-refractivity contribution in [2.24, 2.45) is 5.73 Å². The first-order valence-electron chi connectivity index (χ1n) is 5.20. The lowest BCUT2D eigenvalue weighted by atomic mass is 10.2. The van der Waals surface area contributed by atoms with Gasteiger partial charge < -0.3 is 10.6 Å². The van der Waals surface area contributed by atoms with Crippen LogP contribution in [0.2, 0.25) is 0 Å². The molecule has 2 N–H and O–H groups in total. The molecule has 0 fully saturated rings. The van der Waals surface area contributed by atoms with Crippen molar-refractivity contribution >= 4 is 34.1 Å². The van der Waals surface area contributed by atoms with Crippen LogP contribution in [-0.4, -0.2) is 17.0 Å². The fourth-order valence-corrected chi connectivity index (χ4v) is 2.19. The predicted octanol–water partition coefficient (Wildman–Crippen LogP) is 2.31. The van der Waals surface area contributed by atoms with Crippen LogP contribution in [0, 0.1) is 3.57 Å². The molecular weight excluding hydrogens is 327 g/mol. The minimum Gasteiger partial charge on any atom is -0.329 e. The van der Waals surface area contributed by atoms with Gasteiger partial charge in [0.15, 0.2) is 0 Å². The summed E-state index contributed by atoms with van der Waals surface area (Å²) in [6.45, 7) is 0.565. The first kappa shape index (κ1) is 12.3. The summed E-state index contributed by atoms with van der Waals surface area (Å²) in [5.74, 6) is 0.904. The fourth-order valence-electron chi connectivity index (χ4n) is 1.53. The van der Waals surface area contributed by atoms with Gasteiger partial charge in [-0.25, -0.2) is 9.97 Å². The van der Waals surface area contributed by atoms with Gasteiger partial charge in [-0.3, -0.25) is 0 Å². The molecule has 1 aromatic heterocycles. The molecular formula is C12H13IN4. The summed E-state index contributed by atoms with van der Waals surface area (Å²) >= 11 is 2.23. The zero-order chi connectivity index (χ0) is 12.3. The minimum absolute atomic E-state index is 0.565. The number of hydrogen-bond donors (Lipinski definition) is 1. The molecule has 4 nitrogen and oxygen atoms in total. The fraction of sp³-hybridized carbons (Fsp3) is 0.167. The summed E-state index contributed by atoms with van der Waals surface area (Å²) in [4.78, 5) is 10.3. The van der Waals surface area contributed by atoms with Crippen LogP contribution in [0.5, 0.6) is 0 Å². The molecule has 0 aliphatic heterocycles. The van der Waals surface area contributed by atoms with E-state index < -0.39 is 0 Å². The first-order chi connectivity index (χ1) is 8.22. The van der Waals surface area contributed by atoms with Crippen molar-refractivity contribution in [3.8, 4) is 0 Å². The number of anilines is 2. The van der Waals surface area contributed by atoms with Crippen molar-refractivity contribution in [2.45, 2.75) is 6.54 Å². The maximum absolute atomic E-state index is 5.58. The van der Waals surface area contributed by atoms with Crippen LogP contribution in [-0.2, 0) is 6.54 Å². The Balaban J connectivity index is 2.30. The van der Waals surface area contributed by atoms with Crippen LogP contribution in [0.25, 0.3) is 0 Å². The van der Waals surface area contributed by atoms with Gasteiger partial charge in [-0.1, -0.05) is 12.1 Å². The molecule has 0 atom stereocenters. The lowest BCUT2D eigenvalue weighted by molar-refractivity contribution is 1.05. The highest BCUT2D eigenvalue weighted by molar-refractivity contribution is 14.1. The van der Waals surface area contributed by atoms with Gasteiger partial charge in [0.1, 0.15) is 12.1 Å². The minimum atomic E-state index is 0.565. The number of hydrogen-bond acceptors (Lipinski definition) is 4. The number of nitrogens with zero attached hydrogens (tertiary/aromatic N) is 3. The number of nitrogens with two attached hydrogens (primary N) is 1. The zero-order valence-electron chi connectivity index (χ0n) is 9.47. The van der Waals surface area contributed by atoms with E-state index in [4.69, 9.17) is 5.73 Å². The largest absolute Gasteiger partial charge is 0.329 e. The normalized spacial score (nSPS) is 10.3. The van der Waals surface area contributed by atoms with E-state index in [1.54, 1.807) is 12.5 Å². The predicted molar refractivity (Wildman–Crippen MR) is 77.1 cm³/mol. The van der Waals surface area contributed by atoms with E-state index in [1.807, 2.05) is 36.2 Å². The van der Waals surface area contributed by atoms with E-state index in [0.29, 0.717) is 6.54 Å². The standard InChI is InChI=1S/C12H13IN4/c1-17(12-11(13)7-15-8-16-12)10-4-2-9(6-14)3-5-10/h2-5,7-8H,6,14H2,1H3. The maximum atomic E-state index is 5.58. The van der Waals surface area contributed by atoms with Gasteiger partial charge >= 0.3 is 0 Å². The zero-order valence-corrected chi connectivity index (χ0v) is 11.6. The molecule has 0 bridgehead atoms. The van der Waals surface area contributed by atoms with Crippen LogP contribution in [0.4, 0.5) is 11.5 Å². The molecule has 5 heteroatoms. The van der Waals surface area contributed by atoms with Crippen molar-refractivity contribution in [1.82, 2.24) is 9.97 Å². The van der Waals surface area contributed by atoms with Crippen LogP contribution < -0.4 is 10.6 Å². The van der Waals surface area contributed by atoms with Crippen molar-refractivity contribution in [2.75, 3.05) is 11.9 Å². The lowest BCUT2D eigenvalue weighted by Gasteiger charge is -2.19. The Morgan fingerprint density at radius 1 is 1.29 bits per heavy atom. The van der Waals surface area contributed by atoms with Gasteiger partial charge in [0, 0.05) is 25.5 Å². The lowest BCUT2D eigenvalue weighted by Crippen LogP contribution is -2.13. The van der Waals surface area contributed by atoms with Crippen LogP contribution in [0.1, 0.15) is 5.56 Å². The van der Waals surface area contributed by atoms with E-state index in [9.17, 15) is 0 Å². The Labute approximate surface area is 114 Å². The molecule has 1 heterocycles. The molecule has 0 saturated carbocycles. The van der Waals surface area contributed by atoms with Gasteiger partial charge in [0.2, 0.25) is 0 Å². The summed E-state index contributed by atoms with van der Waals surface area (Å²) in [5.41, 5.74) is 7.78. The van der Waals surface area contributed by atoms with Crippen LogP contribution in [0.15, 0.2) is 36.8 Å². The Bertz CT molecular complexity index is 498. The second kappa shape index (κ2) is 5.42. The summed E-state index contributed by atoms with van der Waals surface area (Å²) in [5, 5.41) is 0. The average molecular weight is 340 g/mol. The Hall–Kier alpha value is -1.21. The van der Waals surface area contributed by atoms with Gasteiger partial charge in [0.25, 0.3) is 0 Å². The van der Waals surface area contributed by atoms with E-state index in [1.165, 1.54) is 0 Å². The molecule has 0 amide bonds. The van der Waals surface area contributed by atoms with Gasteiger partial charge in [-0.2, -0.15) is 0 Å². The Morgan fingerprint density at radius 3 is 2.59 bits per heavy atom. The van der Waals surface area contributed by atoms with Crippen molar-refractivity contribution in [3.05, 3.63) is 45.9 Å². The Morgan fingerprint density at radius 2 is 2.00 bits per heavy atom. The van der Waals surface area contributed by atoms with Gasteiger partial charge in [0.05, 0.1) is 3.57 Å². The molecule has 2 rings (SSSR count). The first-order valence-corrected chi connectivity index (χ1v) is 6.28. The molecule has 0 saturated heterocycles. The third kappa shape index (κ3) is 2.73. The molecule has 2 aromatic rings. The number of benzene rings is 1. The third-order valence-corrected chi connectivity index (χ3v) is 3.29. The smallest absolute Gasteiger partial charge is 0.149 e. The highest BCUT2D eigenvalue weighted by atomic mass is 127. The van der Waals surface area contributed by atoms with Gasteiger partial charge in [-0.15, -0.1) is 0 Å². The quantitative estimate of drug-likeness (QED) is 0.872. The molecule has 0 aliphatic carbocycles. The maximum Gasteiger partial charge on any atom is 0.149 e. The van der Waals surface area contributed by atoms with E-state index >= 15 is 0 Å². The van der Waals surface area contributed by atoms with Crippen molar-refractivity contribution < 1.29 is 0 Å². The SMILES string of the molecule is CN(c1ccc(CN)cc1)c1ncncc1I. The summed E-state index contributed by atoms with van der Waals surface area (Å²) in [6.07, 6.45) is 3.36. The highest BCUT2D eigenvalue weighted by Gasteiger charge is 2.08.